The van der Waals surface area contributed by atoms with Crippen molar-refractivity contribution in [1.29, 1.82) is 0 Å². The first kappa shape index (κ1) is 15.4. The van der Waals surface area contributed by atoms with E-state index in [0.29, 0.717) is 6.42 Å². The molecule has 1 heteroatoms. The van der Waals surface area contributed by atoms with Crippen molar-refractivity contribution in [2.24, 2.45) is 0 Å². The summed E-state index contributed by atoms with van der Waals surface area (Å²) in [5, 5.41) is 0. The summed E-state index contributed by atoms with van der Waals surface area (Å²) in [6.45, 7) is 7.68. The van der Waals surface area contributed by atoms with Crippen molar-refractivity contribution in [2.75, 3.05) is 0 Å². The molecule has 0 bridgehead atoms. The molecule has 0 fully saturated rings. The van der Waals surface area contributed by atoms with Crippen LogP contribution in [0.25, 0.3) is 0 Å². The molecular formula is C13H22O. The van der Waals surface area contributed by atoms with Crippen LogP contribution < -0.4 is 0 Å². The fourth-order valence-electron chi connectivity index (χ4n) is 0.385. The Labute approximate surface area is 88.2 Å². The molecule has 0 saturated heterocycles. The average molecular weight is 194 g/mol. The van der Waals surface area contributed by atoms with E-state index in [0.717, 1.165) is 0 Å². The lowest BCUT2D eigenvalue weighted by molar-refractivity contribution is -0.116. The number of carbonyl (C=O) groups excluding carboxylic acids is 1. The number of benzene rings is 1. The molecule has 0 atom stereocenters. The zero-order chi connectivity index (χ0) is 11.2. The van der Waals surface area contributed by atoms with Gasteiger partial charge in [-0.05, 0) is 6.92 Å². The van der Waals surface area contributed by atoms with Crippen LogP contribution in [-0.4, -0.2) is 5.78 Å². The lowest BCUT2D eigenvalue weighted by atomic mass is 10.4. The summed E-state index contributed by atoms with van der Waals surface area (Å²) in [6.07, 6.45) is 1.92. The topological polar surface area (TPSA) is 17.1 Å². The molecule has 1 rings (SSSR count). The molecule has 0 aliphatic carbocycles. The van der Waals surface area contributed by atoms with Crippen molar-refractivity contribution in [3.8, 4) is 0 Å². The van der Waals surface area contributed by atoms with Crippen LogP contribution in [0.15, 0.2) is 36.4 Å². The highest BCUT2D eigenvalue weighted by Gasteiger charge is 1.76. The second kappa shape index (κ2) is 14.4. The van der Waals surface area contributed by atoms with Gasteiger partial charge in [-0.2, -0.15) is 0 Å². The van der Waals surface area contributed by atoms with E-state index >= 15 is 0 Å². The fourth-order valence-corrected chi connectivity index (χ4v) is 0.385. The number of Topliss-reactive ketones (excluding diaryl/α,β-unsaturated/α-hetero) is 1. The quantitative estimate of drug-likeness (QED) is 0.658. The second-order valence-electron chi connectivity index (χ2n) is 2.92. The summed E-state index contributed by atoms with van der Waals surface area (Å²) in [6, 6.07) is 12.0. The van der Waals surface area contributed by atoms with Crippen LogP contribution in [0, 0.1) is 0 Å². The molecule has 0 saturated carbocycles. The van der Waals surface area contributed by atoms with E-state index in [1.54, 1.807) is 6.92 Å². The Balaban J connectivity index is 0. The Morgan fingerprint density at radius 2 is 1.00 bits per heavy atom. The van der Waals surface area contributed by atoms with Gasteiger partial charge in [-0.15, -0.1) is 0 Å². The van der Waals surface area contributed by atoms with Crippen molar-refractivity contribution in [3.05, 3.63) is 36.4 Å². The van der Waals surface area contributed by atoms with Gasteiger partial charge in [-0.25, -0.2) is 0 Å². The maximum absolute atomic E-state index is 9.81. The zero-order valence-electron chi connectivity index (χ0n) is 9.79. The second-order valence-corrected chi connectivity index (χ2v) is 2.92. The van der Waals surface area contributed by atoms with Crippen LogP contribution in [-0.2, 0) is 4.79 Å². The van der Waals surface area contributed by atoms with Gasteiger partial charge in [0, 0.05) is 6.42 Å². The molecule has 1 aromatic carbocycles. The van der Waals surface area contributed by atoms with Crippen LogP contribution in [0.2, 0.25) is 0 Å². The molecule has 0 spiro atoms. The minimum Gasteiger partial charge on any atom is -0.300 e. The molecule has 80 valence electrons. The number of hydrogen-bond donors (Lipinski definition) is 0. The van der Waals surface area contributed by atoms with Crippen molar-refractivity contribution < 1.29 is 4.79 Å². The minimum absolute atomic E-state index is 0.255. The van der Waals surface area contributed by atoms with E-state index in [9.17, 15) is 4.79 Å². The van der Waals surface area contributed by atoms with Gasteiger partial charge in [0.05, 0.1) is 0 Å². The van der Waals surface area contributed by atoms with E-state index in [1.165, 1.54) is 6.42 Å². The summed E-state index contributed by atoms with van der Waals surface area (Å²) in [5.74, 6) is 0.255. The third kappa shape index (κ3) is 22.4. The Bertz CT molecular complexity index is 165. The monoisotopic (exact) mass is 194 g/mol. The Hall–Kier alpha value is -1.11. The van der Waals surface area contributed by atoms with Gasteiger partial charge in [0.2, 0.25) is 0 Å². The van der Waals surface area contributed by atoms with Gasteiger partial charge < -0.3 is 4.79 Å². The molecule has 0 aromatic heterocycles. The van der Waals surface area contributed by atoms with Crippen molar-refractivity contribution in [3.63, 3.8) is 0 Å². The van der Waals surface area contributed by atoms with E-state index in [2.05, 4.69) is 13.8 Å². The lowest BCUT2D eigenvalue weighted by Crippen LogP contribution is -1.80. The molecule has 0 radical (unpaired) electrons. The largest absolute Gasteiger partial charge is 0.300 e. The molecule has 0 heterocycles. The van der Waals surface area contributed by atoms with E-state index in [-0.39, 0.29) is 5.78 Å². The number of rotatable bonds is 1. The molecule has 14 heavy (non-hydrogen) atoms. The Morgan fingerprint density at radius 1 is 0.857 bits per heavy atom. The maximum Gasteiger partial charge on any atom is 0.129 e. The minimum atomic E-state index is 0.255. The molecule has 1 aromatic rings. The van der Waals surface area contributed by atoms with Crippen LogP contribution in [0.3, 0.4) is 0 Å². The van der Waals surface area contributed by atoms with E-state index in [1.807, 2.05) is 43.3 Å². The summed E-state index contributed by atoms with van der Waals surface area (Å²) in [4.78, 5) is 9.81. The highest BCUT2D eigenvalue weighted by molar-refractivity contribution is 5.74. The molecule has 0 amide bonds. The molecule has 0 aliphatic heterocycles. The third-order valence-corrected chi connectivity index (χ3v) is 1.16. The smallest absolute Gasteiger partial charge is 0.129 e. The highest BCUT2D eigenvalue weighted by Crippen LogP contribution is 1.79. The summed E-state index contributed by atoms with van der Waals surface area (Å²) >= 11 is 0. The van der Waals surface area contributed by atoms with Crippen molar-refractivity contribution in [2.45, 2.75) is 40.5 Å². The van der Waals surface area contributed by atoms with Gasteiger partial charge in [0.1, 0.15) is 5.78 Å². The molecular weight excluding hydrogens is 172 g/mol. The zero-order valence-corrected chi connectivity index (χ0v) is 9.79. The van der Waals surface area contributed by atoms with Crippen molar-refractivity contribution in [1.82, 2.24) is 0 Å². The van der Waals surface area contributed by atoms with Crippen LogP contribution in [0.4, 0.5) is 0 Å². The summed E-state index contributed by atoms with van der Waals surface area (Å²) in [7, 11) is 0. The molecule has 0 aliphatic rings. The average Bonchev–Trinajstić information content (AvgIpc) is 2.22. The standard InChI is InChI=1S/C6H6.C4H8O.C3H8/c1-2-4-6-5-3-1;1-3-4(2)5;1-3-2/h1-6H;3H2,1-2H3;3H2,1-2H3. The fraction of sp³-hybridized carbons (Fsp3) is 0.462. The van der Waals surface area contributed by atoms with Crippen LogP contribution in [0.1, 0.15) is 40.5 Å². The van der Waals surface area contributed by atoms with Crippen LogP contribution >= 0.6 is 0 Å². The molecule has 0 N–H and O–H groups in total. The highest BCUT2D eigenvalue weighted by atomic mass is 16.1. The van der Waals surface area contributed by atoms with Gasteiger partial charge in [0.25, 0.3) is 0 Å². The lowest BCUT2D eigenvalue weighted by Gasteiger charge is -1.71. The predicted molar refractivity (Wildman–Crippen MR) is 63.4 cm³/mol. The maximum atomic E-state index is 9.81. The summed E-state index contributed by atoms with van der Waals surface area (Å²) in [5.41, 5.74) is 0. The SMILES string of the molecule is CCC.CCC(C)=O.c1ccccc1. The van der Waals surface area contributed by atoms with Gasteiger partial charge in [-0.1, -0.05) is 63.6 Å². The Morgan fingerprint density at radius 3 is 1.07 bits per heavy atom. The first-order valence-corrected chi connectivity index (χ1v) is 5.18. The van der Waals surface area contributed by atoms with Gasteiger partial charge in [0.15, 0.2) is 0 Å². The van der Waals surface area contributed by atoms with Gasteiger partial charge >= 0.3 is 0 Å². The predicted octanol–water partition coefficient (Wildman–Crippen LogP) is 4.09. The Kier molecular flexibility index (Phi) is 15.8. The van der Waals surface area contributed by atoms with Crippen molar-refractivity contribution >= 4 is 5.78 Å². The number of carbonyl (C=O) groups is 1. The molecule has 0 unspecified atom stereocenters. The van der Waals surface area contributed by atoms with Gasteiger partial charge in [-0.3, -0.25) is 0 Å². The molecule has 1 nitrogen and oxygen atoms in total. The van der Waals surface area contributed by atoms with Crippen LogP contribution in [0.5, 0.6) is 0 Å². The number of hydrogen-bond acceptors (Lipinski definition) is 1. The number of ketones is 1. The normalized spacial score (nSPS) is 7.43. The summed E-state index contributed by atoms with van der Waals surface area (Å²) < 4.78 is 0. The first-order valence-electron chi connectivity index (χ1n) is 5.18. The van der Waals surface area contributed by atoms with E-state index < -0.39 is 0 Å². The van der Waals surface area contributed by atoms with E-state index in [4.69, 9.17) is 0 Å². The third-order valence-electron chi connectivity index (χ3n) is 1.16. The first-order chi connectivity index (χ1) is 6.68.